The first-order chi connectivity index (χ1) is 11.9. The Bertz CT molecular complexity index is 876. The topological polar surface area (TPSA) is 83.7 Å². The molecule has 0 atom stereocenters. The summed E-state index contributed by atoms with van der Waals surface area (Å²) in [6, 6.07) is 8.47. The Kier molecular flexibility index (Phi) is 4.91. The molecule has 0 N–H and O–H groups in total. The minimum atomic E-state index is -3.56. The highest BCUT2D eigenvalue weighted by molar-refractivity contribution is 7.89. The van der Waals surface area contributed by atoms with Crippen molar-refractivity contribution < 1.29 is 17.7 Å². The van der Waals surface area contributed by atoms with Crippen molar-refractivity contribution in [2.75, 3.05) is 26.2 Å². The number of benzene rings is 1. The molecule has 1 aliphatic rings. The number of amides is 1. The molecule has 0 unspecified atom stereocenters. The third kappa shape index (κ3) is 3.74. The summed E-state index contributed by atoms with van der Waals surface area (Å²) in [5.74, 6) is 0.341. The molecule has 1 aliphatic heterocycles. The Morgan fingerprint density at radius 3 is 2.60 bits per heavy atom. The van der Waals surface area contributed by atoms with Crippen molar-refractivity contribution in [1.82, 2.24) is 14.4 Å². The maximum absolute atomic E-state index is 12.8. The summed E-state index contributed by atoms with van der Waals surface area (Å²) in [7, 11) is -3.56. The van der Waals surface area contributed by atoms with Crippen LogP contribution in [0.5, 0.6) is 0 Å². The number of hydrogen-bond donors (Lipinski definition) is 0. The van der Waals surface area contributed by atoms with Gasteiger partial charge in [0.1, 0.15) is 5.76 Å². The molecule has 1 aromatic heterocycles. The number of carbonyl (C=O) groups excluding carboxylic acids is 1. The third-order valence-corrected chi connectivity index (χ3v) is 6.11. The first kappa shape index (κ1) is 17.6. The van der Waals surface area contributed by atoms with Crippen molar-refractivity contribution in [3.8, 4) is 0 Å². The number of aromatic nitrogens is 1. The van der Waals surface area contributed by atoms with E-state index >= 15 is 0 Å². The van der Waals surface area contributed by atoms with E-state index in [1.54, 1.807) is 36.1 Å². The second kappa shape index (κ2) is 6.97. The Balaban J connectivity index is 1.74. The molecule has 0 spiro atoms. The predicted octanol–water partition coefficient (Wildman–Crippen LogP) is 1.83. The molecule has 7 nitrogen and oxygen atoms in total. The van der Waals surface area contributed by atoms with Crippen molar-refractivity contribution in [3.63, 3.8) is 0 Å². The zero-order valence-electron chi connectivity index (χ0n) is 14.3. The average Bonchev–Trinajstić information content (AvgIpc) is 2.86. The summed E-state index contributed by atoms with van der Waals surface area (Å²) >= 11 is 0. The van der Waals surface area contributed by atoms with E-state index in [1.165, 1.54) is 4.31 Å². The molecule has 8 heteroatoms. The van der Waals surface area contributed by atoms with Crippen LogP contribution < -0.4 is 0 Å². The van der Waals surface area contributed by atoms with E-state index < -0.39 is 10.0 Å². The van der Waals surface area contributed by atoms with Crippen molar-refractivity contribution in [2.24, 2.45) is 0 Å². The summed E-state index contributed by atoms with van der Waals surface area (Å²) in [5.41, 5.74) is 1.15. The molecule has 0 saturated carbocycles. The quantitative estimate of drug-likeness (QED) is 0.831. The summed E-state index contributed by atoms with van der Waals surface area (Å²) in [6.07, 6.45) is 0.577. The van der Waals surface area contributed by atoms with Crippen LogP contribution in [-0.2, 0) is 10.0 Å². The number of aryl methyl sites for hydroxylation is 2. The van der Waals surface area contributed by atoms with Gasteiger partial charge in [0.05, 0.1) is 4.90 Å². The molecule has 25 heavy (non-hydrogen) atoms. The molecule has 0 bridgehead atoms. The monoisotopic (exact) mass is 363 g/mol. The average molecular weight is 363 g/mol. The lowest BCUT2D eigenvalue weighted by Crippen LogP contribution is -2.37. The fraction of sp³-hybridized carbons (Fsp3) is 0.412. The number of hydrogen-bond acceptors (Lipinski definition) is 5. The van der Waals surface area contributed by atoms with Crippen molar-refractivity contribution >= 4 is 15.9 Å². The van der Waals surface area contributed by atoms with E-state index in [0.717, 1.165) is 5.56 Å². The van der Waals surface area contributed by atoms with E-state index in [9.17, 15) is 13.2 Å². The highest BCUT2D eigenvalue weighted by Gasteiger charge is 2.29. The normalized spacial score (nSPS) is 16.6. The van der Waals surface area contributed by atoms with E-state index in [2.05, 4.69) is 5.16 Å². The lowest BCUT2D eigenvalue weighted by Gasteiger charge is -2.21. The molecule has 3 rings (SSSR count). The molecular formula is C17H21N3O4S. The summed E-state index contributed by atoms with van der Waals surface area (Å²) in [4.78, 5) is 14.4. The molecule has 1 amide bonds. The molecule has 1 aromatic carbocycles. The highest BCUT2D eigenvalue weighted by Crippen LogP contribution is 2.19. The fourth-order valence-electron chi connectivity index (χ4n) is 2.89. The second-order valence-electron chi connectivity index (χ2n) is 6.19. The first-order valence-corrected chi connectivity index (χ1v) is 9.61. The maximum atomic E-state index is 12.8. The molecule has 1 fully saturated rings. The molecule has 2 heterocycles. The Morgan fingerprint density at radius 1 is 1.12 bits per heavy atom. The summed E-state index contributed by atoms with van der Waals surface area (Å²) in [6.45, 7) is 5.06. The summed E-state index contributed by atoms with van der Waals surface area (Å²) in [5, 5.41) is 3.75. The van der Waals surface area contributed by atoms with Gasteiger partial charge >= 0.3 is 0 Å². The lowest BCUT2D eigenvalue weighted by atomic mass is 10.2. The molecular weight excluding hydrogens is 342 g/mol. The fourth-order valence-corrected chi connectivity index (χ4v) is 4.47. The molecule has 2 aromatic rings. The van der Waals surface area contributed by atoms with Gasteiger partial charge in [-0.3, -0.25) is 4.79 Å². The zero-order valence-corrected chi connectivity index (χ0v) is 15.1. The Hall–Kier alpha value is -2.19. The Morgan fingerprint density at radius 2 is 1.92 bits per heavy atom. The van der Waals surface area contributed by atoms with Gasteiger partial charge in [-0.1, -0.05) is 17.3 Å². The number of sulfonamides is 1. The SMILES string of the molecule is Cc1cccc(S(=O)(=O)N2CCCN(C(=O)c3cc(C)on3)CC2)c1. The molecule has 0 aliphatic carbocycles. The highest BCUT2D eigenvalue weighted by atomic mass is 32.2. The van der Waals surface area contributed by atoms with Crippen LogP contribution in [0.2, 0.25) is 0 Å². The molecule has 0 radical (unpaired) electrons. The van der Waals surface area contributed by atoms with Crippen LogP contribution in [0.1, 0.15) is 28.2 Å². The van der Waals surface area contributed by atoms with Gasteiger partial charge in [-0.25, -0.2) is 8.42 Å². The van der Waals surface area contributed by atoms with Crippen molar-refractivity contribution in [1.29, 1.82) is 0 Å². The van der Waals surface area contributed by atoms with Crippen LogP contribution in [0, 0.1) is 13.8 Å². The number of rotatable bonds is 3. The second-order valence-corrected chi connectivity index (χ2v) is 8.13. The van der Waals surface area contributed by atoms with Crippen molar-refractivity contribution in [3.05, 3.63) is 47.3 Å². The van der Waals surface area contributed by atoms with Gasteiger partial charge in [-0.2, -0.15) is 4.31 Å². The van der Waals surface area contributed by atoms with Gasteiger partial charge < -0.3 is 9.42 Å². The molecule has 1 saturated heterocycles. The van der Waals surface area contributed by atoms with Crippen LogP contribution in [0.3, 0.4) is 0 Å². The van der Waals surface area contributed by atoms with Gasteiger partial charge in [0.2, 0.25) is 10.0 Å². The van der Waals surface area contributed by atoms with Crippen LogP contribution in [-0.4, -0.2) is 54.9 Å². The van der Waals surface area contributed by atoms with Gasteiger partial charge in [0.25, 0.3) is 5.91 Å². The van der Waals surface area contributed by atoms with Gasteiger partial charge in [0, 0.05) is 32.2 Å². The third-order valence-electron chi connectivity index (χ3n) is 4.22. The number of nitrogens with zero attached hydrogens (tertiary/aromatic N) is 3. The van der Waals surface area contributed by atoms with Crippen LogP contribution >= 0.6 is 0 Å². The molecule has 134 valence electrons. The van der Waals surface area contributed by atoms with E-state index in [-0.39, 0.29) is 18.1 Å². The largest absolute Gasteiger partial charge is 0.361 e. The predicted molar refractivity (Wildman–Crippen MR) is 91.7 cm³/mol. The Labute approximate surface area is 147 Å². The first-order valence-electron chi connectivity index (χ1n) is 8.17. The van der Waals surface area contributed by atoms with Gasteiger partial charge in [-0.15, -0.1) is 0 Å². The standard InChI is InChI=1S/C17H21N3O4S/c1-13-5-3-6-15(11-13)25(22,23)20-8-4-7-19(9-10-20)17(21)16-12-14(2)24-18-16/h3,5-6,11-12H,4,7-10H2,1-2H3. The van der Waals surface area contributed by atoms with E-state index in [0.29, 0.717) is 36.7 Å². The minimum absolute atomic E-state index is 0.230. The smallest absolute Gasteiger partial charge is 0.276 e. The van der Waals surface area contributed by atoms with Gasteiger partial charge in [0.15, 0.2) is 5.69 Å². The van der Waals surface area contributed by atoms with Gasteiger partial charge in [-0.05, 0) is 38.0 Å². The van der Waals surface area contributed by atoms with Crippen LogP contribution in [0.4, 0.5) is 0 Å². The van der Waals surface area contributed by atoms with Crippen LogP contribution in [0.25, 0.3) is 0 Å². The maximum Gasteiger partial charge on any atom is 0.276 e. The number of carbonyl (C=O) groups is 1. The van der Waals surface area contributed by atoms with E-state index in [4.69, 9.17) is 4.52 Å². The lowest BCUT2D eigenvalue weighted by molar-refractivity contribution is 0.0754. The summed E-state index contributed by atoms with van der Waals surface area (Å²) < 4.78 is 32.1. The zero-order chi connectivity index (χ0) is 18.0. The minimum Gasteiger partial charge on any atom is -0.361 e. The van der Waals surface area contributed by atoms with E-state index in [1.807, 2.05) is 13.0 Å². The van der Waals surface area contributed by atoms with Crippen molar-refractivity contribution in [2.45, 2.75) is 25.2 Å². The van der Waals surface area contributed by atoms with Crippen LogP contribution in [0.15, 0.2) is 39.8 Å².